The second kappa shape index (κ2) is 5.23. The first kappa shape index (κ1) is 10.5. The highest BCUT2D eigenvalue weighted by atomic mass is 16.5. The number of ether oxygens (including phenoxy) is 1. The fraction of sp³-hybridized carbons (Fsp3) is 0.800. The van der Waals surface area contributed by atoms with Crippen LogP contribution >= 0.6 is 0 Å². The molecule has 1 unspecified atom stereocenters. The zero-order valence-corrected chi connectivity index (χ0v) is 8.10. The summed E-state index contributed by atoms with van der Waals surface area (Å²) in [7, 11) is 0. The topological polar surface area (TPSA) is 41.5 Å². The predicted octanol–water partition coefficient (Wildman–Crippen LogP) is 0.141. The highest BCUT2D eigenvalue weighted by Crippen LogP contribution is 2.16. The Morgan fingerprint density at radius 1 is 1.62 bits per heavy atom. The van der Waals surface area contributed by atoms with Gasteiger partial charge in [-0.15, -0.1) is 11.8 Å². The molecule has 74 valence electrons. The molecule has 1 heterocycles. The van der Waals surface area contributed by atoms with Crippen LogP contribution in [-0.2, 0) is 4.74 Å². The molecule has 1 atom stereocenters. The van der Waals surface area contributed by atoms with E-state index in [0.29, 0.717) is 19.8 Å². The molecule has 13 heavy (non-hydrogen) atoms. The third kappa shape index (κ3) is 3.77. The Balaban J connectivity index is 2.06. The number of hydrogen-bond donors (Lipinski definition) is 2. The van der Waals surface area contributed by atoms with Gasteiger partial charge in [0.1, 0.15) is 5.60 Å². The number of hydrogen-bond acceptors (Lipinski definition) is 3. The van der Waals surface area contributed by atoms with E-state index in [4.69, 9.17) is 4.74 Å². The molecule has 0 aromatic rings. The second-order valence-electron chi connectivity index (χ2n) is 3.38. The van der Waals surface area contributed by atoms with Crippen LogP contribution in [0.25, 0.3) is 0 Å². The van der Waals surface area contributed by atoms with Crippen molar-refractivity contribution in [1.29, 1.82) is 0 Å². The van der Waals surface area contributed by atoms with Crippen molar-refractivity contribution in [3.05, 3.63) is 0 Å². The van der Waals surface area contributed by atoms with Crippen molar-refractivity contribution in [3.8, 4) is 11.8 Å². The van der Waals surface area contributed by atoms with Gasteiger partial charge in [0.15, 0.2) is 0 Å². The maximum atomic E-state index is 9.82. The Bertz CT molecular complexity index is 199. The highest BCUT2D eigenvalue weighted by Gasteiger charge is 2.31. The van der Waals surface area contributed by atoms with Crippen LogP contribution in [-0.4, -0.2) is 37.0 Å². The smallest absolute Gasteiger partial charge is 0.102 e. The summed E-state index contributed by atoms with van der Waals surface area (Å²) in [5, 5.41) is 13.0. The van der Waals surface area contributed by atoms with Crippen LogP contribution < -0.4 is 5.32 Å². The molecule has 3 heteroatoms. The van der Waals surface area contributed by atoms with Crippen LogP contribution in [0, 0.1) is 11.8 Å². The minimum absolute atomic E-state index is 0.458. The minimum Gasteiger partial charge on any atom is -0.386 e. The quantitative estimate of drug-likeness (QED) is 0.481. The van der Waals surface area contributed by atoms with Gasteiger partial charge in [-0.3, -0.25) is 0 Å². The van der Waals surface area contributed by atoms with E-state index < -0.39 is 5.60 Å². The van der Waals surface area contributed by atoms with Crippen molar-refractivity contribution < 1.29 is 9.84 Å². The van der Waals surface area contributed by atoms with Crippen LogP contribution in [0.1, 0.15) is 19.8 Å². The summed E-state index contributed by atoms with van der Waals surface area (Å²) in [5.74, 6) is 5.79. The average Bonchev–Trinajstić information content (AvgIpc) is 2.53. The molecule has 0 saturated carbocycles. The van der Waals surface area contributed by atoms with Crippen molar-refractivity contribution in [2.24, 2.45) is 0 Å². The number of rotatable bonds is 4. The van der Waals surface area contributed by atoms with E-state index in [1.165, 1.54) is 0 Å². The molecule has 1 aliphatic rings. The van der Waals surface area contributed by atoms with E-state index >= 15 is 0 Å². The van der Waals surface area contributed by atoms with Gasteiger partial charge in [-0.2, -0.15) is 0 Å². The highest BCUT2D eigenvalue weighted by molar-refractivity contribution is 4.95. The number of nitrogens with one attached hydrogen (secondary N) is 1. The van der Waals surface area contributed by atoms with Gasteiger partial charge < -0.3 is 15.2 Å². The van der Waals surface area contributed by atoms with Gasteiger partial charge in [0.2, 0.25) is 0 Å². The van der Waals surface area contributed by atoms with Gasteiger partial charge in [-0.1, -0.05) is 0 Å². The third-order valence-electron chi connectivity index (χ3n) is 2.14. The summed E-state index contributed by atoms with van der Waals surface area (Å²) in [6.45, 7) is 4.41. The summed E-state index contributed by atoms with van der Waals surface area (Å²) >= 11 is 0. The molecule has 1 rings (SSSR count). The maximum absolute atomic E-state index is 9.82. The third-order valence-corrected chi connectivity index (χ3v) is 2.14. The van der Waals surface area contributed by atoms with Crippen molar-refractivity contribution in [2.45, 2.75) is 25.4 Å². The van der Waals surface area contributed by atoms with E-state index in [-0.39, 0.29) is 0 Å². The lowest BCUT2D eigenvalue weighted by atomic mass is 10.0. The molecule has 0 spiro atoms. The monoisotopic (exact) mass is 183 g/mol. The van der Waals surface area contributed by atoms with Crippen LogP contribution in [0.15, 0.2) is 0 Å². The summed E-state index contributed by atoms with van der Waals surface area (Å²) in [5.41, 5.74) is -0.639. The van der Waals surface area contributed by atoms with E-state index in [2.05, 4.69) is 17.2 Å². The molecule has 0 radical (unpaired) electrons. The lowest BCUT2D eigenvalue weighted by Crippen LogP contribution is -2.41. The summed E-state index contributed by atoms with van der Waals surface area (Å²) < 4.78 is 5.12. The van der Waals surface area contributed by atoms with Crippen LogP contribution in [0.5, 0.6) is 0 Å². The van der Waals surface area contributed by atoms with E-state index in [1.807, 2.05) is 6.92 Å². The SMILES string of the molecule is CC#CCCNCC1(O)CCOC1. The summed E-state index contributed by atoms with van der Waals surface area (Å²) in [4.78, 5) is 0. The minimum atomic E-state index is -0.639. The Morgan fingerprint density at radius 3 is 3.08 bits per heavy atom. The van der Waals surface area contributed by atoms with Crippen LogP contribution in [0.3, 0.4) is 0 Å². The zero-order valence-electron chi connectivity index (χ0n) is 8.10. The Hall–Kier alpha value is -0.560. The van der Waals surface area contributed by atoms with E-state index in [0.717, 1.165) is 19.4 Å². The lowest BCUT2D eigenvalue weighted by Gasteiger charge is -2.20. The molecule has 0 bridgehead atoms. The Morgan fingerprint density at radius 2 is 2.46 bits per heavy atom. The normalized spacial score (nSPS) is 26.9. The predicted molar refractivity (Wildman–Crippen MR) is 51.3 cm³/mol. The molecule has 2 N–H and O–H groups in total. The summed E-state index contributed by atoms with van der Waals surface area (Å²) in [6, 6.07) is 0. The molecule has 1 fully saturated rings. The molecular weight excluding hydrogens is 166 g/mol. The fourth-order valence-electron chi connectivity index (χ4n) is 1.33. The first-order chi connectivity index (χ1) is 6.27. The molecular formula is C10H17NO2. The molecule has 0 aliphatic carbocycles. The molecule has 0 aromatic carbocycles. The van der Waals surface area contributed by atoms with Gasteiger partial charge in [0.25, 0.3) is 0 Å². The largest absolute Gasteiger partial charge is 0.386 e. The second-order valence-corrected chi connectivity index (χ2v) is 3.38. The van der Waals surface area contributed by atoms with E-state index in [9.17, 15) is 5.11 Å². The molecule has 3 nitrogen and oxygen atoms in total. The van der Waals surface area contributed by atoms with Gasteiger partial charge >= 0.3 is 0 Å². The Labute approximate surface area is 79.5 Å². The van der Waals surface area contributed by atoms with Gasteiger partial charge in [0.05, 0.1) is 6.61 Å². The zero-order chi connectivity index (χ0) is 9.57. The van der Waals surface area contributed by atoms with Gasteiger partial charge in [0, 0.05) is 32.5 Å². The van der Waals surface area contributed by atoms with Crippen LogP contribution in [0.4, 0.5) is 0 Å². The summed E-state index contributed by atoms with van der Waals surface area (Å²) in [6.07, 6.45) is 1.58. The van der Waals surface area contributed by atoms with E-state index in [1.54, 1.807) is 0 Å². The van der Waals surface area contributed by atoms with Crippen molar-refractivity contribution in [1.82, 2.24) is 5.32 Å². The Kier molecular flexibility index (Phi) is 4.23. The lowest BCUT2D eigenvalue weighted by molar-refractivity contribution is 0.0274. The standard InChI is InChI=1S/C10H17NO2/c1-2-3-4-6-11-8-10(12)5-7-13-9-10/h11-12H,4-9H2,1H3. The van der Waals surface area contributed by atoms with Gasteiger partial charge in [-0.05, 0) is 6.92 Å². The van der Waals surface area contributed by atoms with Crippen molar-refractivity contribution in [3.63, 3.8) is 0 Å². The van der Waals surface area contributed by atoms with Crippen molar-refractivity contribution >= 4 is 0 Å². The van der Waals surface area contributed by atoms with Crippen LogP contribution in [0.2, 0.25) is 0 Å². The molecule has 0 aromatic heterocycles. The first-order valence-electron chi connectivity index (χ1n) is 4.67. The first-order valence-corrected chi connectivity index (χ1v) is 4.67. The molecule has 1 aliphatic heterocycles. The molecule has 1 saturated heterocycles. The van der Waals surface area contributed by atoms with Crippen molar-refractivity contribution in [2.75, 3.05) is 26.3 Å². The van der Waals surface area contributed by atoms with Gasteiger partial charge in [-0.25, -0.2) is 0 Å². The molecule has 0 amide bonds. The number of aliphatic hydroxyl groups is 1. The maximum Gasteiger partial charge on any atom is 0.102 e. The fourth-order valence-corrected chi connectivity index (χ4v) is 1.33. The average molecular weight is 183 g/mol.